The topological polar surface area (TPSA) is 59.1 Å². The molecule has 0 aliphatic rings. The number of pyridine rings is 2. The first-order chi connectivity index (χ1) is 12.7. The van der Waals surface area contributed by atoms with E-state index in [1.54, 1.807) is 24.7 Å². The first-order valence-electron chi connectivity index (χ1n) is 8.18. The molecule has 0 atom stereocenters. The van der Waals surface area contributed by atoms with Gasteiger partial charge in [0.25, 0.3) is 0 Å². The van der Waals surface area contributed by atoms with Crippen molar-refractivity contribution < 1.29 is 4.74 Å². The van der Waals surface area contributed by atoms with Crippen LogP contribution in [-0.2, 0) is 6.54 Å². The lowest BCUT2D eigenvalue weighted by atomic mass is 10.2. The van der Waals surface area contributed by atoms with E-state index in [0.29, 0.717) is 6.54 Å². The molecule has 3 rings (SSSR count). The van der Waals surface area contributed by atoms with Crippen molar-refractivity contribution in [3.05, 3.63) is 97.4 Å². The molecule has 0 bridgehead atoms. The highest BCUT2D eigenvalue weighted by molar-refractivity contribution is 5.46. The highest BCUT2D eigenvalue weighted by atomic mass is 16.5. The van der Waals surface area contributed by atoms with E-state index in [1.165, 1.54) is 0 Å². The molecule has 1 aromatic carbocycles. The number of anilines is 1. The normalized spacial score (nSPS) is 10.0. The Hall–Kier alpha value is -3.60. The summed E-state index contributed by atoms with van der Waals surface area (Å²) in [6.45, 7) is 8.34. The predicted molar refractivity (Wildman–Crippen MR) is 105 cm³/mol. The van der Waals surface area contributed by atoms with Crippen LogP contribution in [0.4, 0.5) is 5.69 Å². The van der Waals surface area contributed by atoms with Crippen molar-refractivity contribution in [2.75, 3.05) is 5.32 Å². The van der Waals surface area contributed by atoms with E-state index in [1.807, 2.05) is 48.5 Å². The van der Waals surface area contributed by atoms with Gasteiger partial charge in [-0.2, -0.15) is 0 Å². The molecule has 130 valence electrons. The smallest absolute Gasteiger partial charge is 0.131 e. The van der Waals surface area contributed by atoms with Crippen molar-refractivity contribution in [1.82, 2.24) is 15.3 Å². The van der Waals surface area contributed by atoms with E-state index >= 15 is 0 Å². The van der Waals surface area contributed by atoms with E-state index in [-0.39, 0.29) is 0 Å². The molecule has 26 heavy (non-hydrogen) atoms. The Balaban J connectivity index is 1.52. The van der Waals surface area contributed by atoms with Gasteiger partial charge >= 0.3 is 0 Å². The molecule has 0 amide bonds. The summed E-state index contributed by atoms with van der Waals surface area (Å²) in [7, 11) is 0. The minimum Gasteiger partial charge on any atom is -0.457 e. The molecule has 2 N–H and O–H groups in total. The second kappa shape index (κ2) is 8.48. The summed E-state index contributed by atoms with van der Waals surface area (Å²) in [6.07, 6.45) is 6.85. The van der Waals surface area contributed by atoms with Gasteiger partial charge in [0.15, 0.2) is 0 Å². The van der Waals surface area contributed by atoms with Crippen LogP contribution in [0.5, 0.6) is 11.5 Å². The van der Waals surface area contributed by atoms with Gasteiger partial charge in [-0.1, -0.05) is 25.3 Å². The second-order valence-corrected chi connectivity index (χ2v) is 5.56. The van der Waals surface area contributed by atoms with Crippen molar-refractivity contribution in [3.63, 3.8) is 0 Å². The van der Waals surface area contributed by atoms with Crippen LogP contribution in [0.2, 0.25) is 0 Å². The standard InChI is InChI=1S/C21H20N4O/c1-3-18-14-21(10-13-23-18)26-20-6-4-17(5-7-20)15-24-16(2)25-19-8-11-22-12-9-19/h3-14,24H,1-2,15H2,(H,22,25). The van der Waals surface area contributed by atoms with E-state index in [2.05, 4.69) is 33.8 Å². The van der Waals surface area contributed by atoms with Gasteiger partial charge in [0.2, 0.25) is 0 Å². The molecular weight excluding hydrogens is 324 g/mol. The van der Waals surface area contributed by atoms with Crippen LogP contribution in [0.25, 0.3) is 6.08 Å². The van der Waals surface area contributed by atoms with Crippen LogP contribution in [0.15, 0.2) is 86.1 Å². The van der Waals surface area contributed by atoms with Crippen LogP contribution >= 0.6 is 0 Å². The van der Waals surface area contributed by atoms with Crippen molar-refractivity contribution in [2.45, 2.75) is 6.54 Å². The van der Waals surface area contributed by atoms with Crippen LogP contribution in [0.3, 0.4) is 0 Å². The first kappa shape index (κ1) is 17.2. The summed E-state index contributed by atoms with van der Waals surface area (Å²) < 4.78 is 5.84. The third-order valence-electron chi connectivity index (χ3n) is 3.60. The summed E-state index contributed by atoms with van der Waals surface area (Å²) in [5.74, 6) is 2.23. The number of rotatable bonds is 8. The predicted octanol–water partition coefficient (Wildman–Crippen LogP) is 4.58. The van der Waals surface area contributed by atoms with E-state index < -0.39 is 0 Å². The Kier molecular flexibility index (Phi) is 5.62. The Labute approximate surface area is 153 Å². The molecular formula is C21H20N4O. The summed E-state index contributed by atoms with van der Waals surface area (Å²) in [5.41, 5.74) is 2.84. The van der Waals surface area contributed by atoms with Crippen molar-refractivity contribution in [2.24, 2.45) is 0 Å². The molecule has 0 radical (unpaired) electrons. The minimum atomic E-state index is 0.660. The zero-order valence-electron chi connectivity index (χ0n) is 14.4. The Morgan fingerprint density at radius 3 is 2.50 bits per heavy atom. The number of nitrogens with one attached hydrogen (secondary N) is 2. The zero-order chi connectivity index (χ0) is 18.2. The third-order valence-corrected chi connectivity index (χ3v) is 3.60. The molecule has 5 nitrogen and oxygen atoms in total. The molecule has 5 heteroatoms. The van der Waals surface area contributed by atoms with Gasteiger partial charge in [0.05, 0.1) is 11.5 Å². The number of ether oxygens (including phenoxy) is 1. The van der Waals surface area contributed by atoms with E-state index in [4.69, 9.17) is 4.74 Å². The second-order valence-electron chi connectivity index (χ2n) is 5.56. The Morgan fingerprint density at radius 2 is 1.77 bits per heavy atom. The molecule has 2 aromatic heterocycles. The summed E-state index contributed by atoms with van der Waals surface area (Å²) >= 11 is 0. The largest absolute Gasteiger partial charge is 0.457 e. The molecule has 0 fully saturated rings. The quantitative estimate of drug-likeness (QED) is 0.626. The molecule has 0 saturated carbocycles. The highest BCUT2D eigenvalue weighted by Gasteiger charge is 2.00. The summed E-state index contributed by atoms with van der Waals surface area (Å²) in [4.78, 5) is 8.14. The van der Waals surface area contributed by atoms with Crippen molar-refractivity contribution >= 4 is 11.8 Å². The molecule has 0 saturated heterocycles. The fourth-order valence-corrected chi connectivity index (χ4v) is 2.28. The van der Waals surface area contributed by atoms with Crippen LogP contribution < -0.4 is 15.4 Å². The Bertz CT molecular complexity index is 876. The lowest BCUT2D eigenvalue weighted by Gasteiger charge is -2.12. The van der Waals surface area contributed by atoms with Gasteiger partial charge in [-0.15, -0.1) is 0 Å². The maximum absolute atomic E-state index is 5.84. The average Bonchev–Trinajstić information content (AvgIpc) is 2.68. The van der Waals surface area contributed by atoms with Gasteiger partial charge in [0.1, 0.15) is 11.5 Å². The van der Waals surface area contributed by atoms with Crippen molar-refractivity contribution in [3.8, 4) is 11.5 Å². The lowest BCUT2D eigenvalue weighted by molar-refractivity contribution is 0.481. The van der Waals surface area contributed by atoms with Gasteiger partial charge in [-0.3, -0.25) is 9.97 Å². The Morgan fingerprint density at radius 1 is 1.00 bits per heavy atom. The summed E-state index contributed by atoms with van der Waals surface area (Å²) in [5, 5.41) is 6.43. The highest BCUT2D eigenvalue weighted by Crippen LogP contribution is 2.22. The SMILES string of the molecule is C=Cc1cc(Oc2ccc(CNC(=C)Nc3ccncc3)cc2)ccn1. The van der Waals surface area contributed by atoms with Gasteiger partial charge in [-0.05, 0) is 42.0 Å². The first-order valence-corrected chi connectivity index (χ1v) is 8.18. The van der Waals surface area contributed by atoms with Gasteiger partial charge in [-0.25, -0.2) is 0 Å². The maximum Gasteiger partial charge on any atom is 0.131 e. The van der Waals surface area contributed by atoms with E-state index in [9.17, 15) is 0 Å². The average molecular weight is 344 g/mol. The fourth-order valence-electron chi connectivity index (χ4n) is 2.28. The maximum atomic E-state index is 5.84. The minimum absolute atomic E-state index is 0.660. The molecule has 2 heterocycles. The molecule has 0 aliphatic carbocycles. The monoisotopic (exact) mass is 344 g/mol. The lowest BCUT2D eigenvalue weighted by Crippen LogP contribution is -2.18. The van der Waals surface area contributed by atoms with Crippen LogP contribution in [0, 0.1) is 0 Å². The number of hydrogen-bond donors (Lipinski definition) is 2. The van der Waals surface area contributed by atoms with E-state index in [0.717, 1.165) is 34.3 Å². The van der Waals surface area contributed by atoms with Crippen LogP contribution in [0.1, 0.15) is 11.3 Å². The van der Waals surface area contributed by atoms with Gasteiger partial charge < -0.3 is 15.4 Å². The number of benzene rings is 1. The zero-order valence-corrected chi connectivity index (χ0v) is 14.4. The third kappa shape index (κ3) is 4.95. The van der Waals surface area contributed by atoms with Gasteiger partial charge in [0, 0.05) is 36.9 Å². The molecule has 3 aromatic rings. The molecule has 0 aliphatic heterocycles. The van der Waals surface area contributed by atoms with Crippen molar-refractivity contribution in [1.29, 1.82) is 0 Å². The number of nitrogens with zero attached hydrogens (tertiary/aromatic N) is 2. The number of aromatic nitrogens is 2. The summed E-state index contributed by atoms with van der Waals surface area (Å²) in [6, 6.07) is 15.3. The molecule has 0 unspecified atom stereocenters. The fraction of sp³-hybridized carbons (Fsp3) is 0.0476. The van der Waals surface area contributed by atoms with Crippen LogP contribution in [-0.4, -0.2) is 9.97 Å². The molecule has 0 spiro atoms. The number of hydrogen-bond acceptors (Lipinski definition) is 5.